The van der Waals surface area contributed by atoms with Crippen molar-refractivity contribution in [1.82, 2.24) is 15.5 Å². The number of rotatable bonds is 7. The number of H-pyrrole nitrogens is 1. The Kier molecular flexibility index (Phi) is 4.92. The van der Waals surface area contributed by atoms with Crippen molar-refractivity contribution in [2.75, 3.05) is 19.8 Å². The average molecular weight is 261 g/mol. The zero-order chi connectivity index (χ0) is 13.5. The monoisotopic (exact) mass is 261 g/mol. The van der Waals surface area contributed by atoms with Crippen LogP contribution < -0.4 is 5.32 Å². The van der Waals surface area contributed by atoms with Crippen LogP contribution in [0.1, 0.15) is 30.1 Å². The molecule has 0 fully saturated rings. The normalized spacial score (nSPS) is 10.8. The first-order valence-electron chi connectivity index (χ1n) is 6.60. The lowest BCUT2D eigenvalue weighted by molar-refractivity contribution is 0.0913. The van der Waals surface area contributed by atoms with E-state index in [0.717, 1.165) is 30.4 Å². The van der Waals surface area contributed by atoms with Crippen molar-refractivity contribution in [2.24, 2.45) is 0 Å². The van der Waals surface area contributed by atoms with Crippen molar-refractivity contribution in [3.8, 4) is 0 Å². The first-order valence-corrected chi connectivity index (χ1v) is 6.60. The molecule has 2 aromatic rings. The van der Waals surface area contributed by atoms with Crippen LogP contribution in [-0.2, 0) is 4.74 Å². The number of carbonyl (C=O) groups excluding carboxylic acids is 1. The van der Waals surface area contributed by atoms with Gasteiger partial charge in [-0.2, -0.15) is 5.10 Å². The van der Waals surface area contributed by atoms with E-state index in [4.69, 9.17) is 4.74 Å². The van der Waals surface area contributed by atoms with Gasteiger partial charge in [0.1, 0.15) is 0 Å². The van der Waals surface area contributed by atoms with E-state index in [9.17, 15) is 4.79 Å². The third-order valence-corrected chi connectivity index (χ3v) is 2.88. The Bertz CT molecular complexity index is 536. The van der Waals surface area contributed by atoms with Gasteiger partial charge in [-0.05, 0) is 18.6 Å². The van der Waals surface area contributed by atoms with Crippen molar-refractivity contribution in [3.05, 3.63) is 30.0 Å². The van der Waals surface area contributed by atoms with Crippen molar-refractivity contribution in [1.29, 1.82) is 0 Å². The van der Waals surface area contributed by atoms with Crippen molar-refractivity contribution >= 4 is 16.8 Å². The van der Waals surface area contributed by atoms with Gasteiger partial charge in [0.2, 0.25) is 0 Å². The van der Waals surface area contributed by atoms with Gasteiger partial charge in [-0.1, -0.05) is 19.4 Å². The van der Waals surface area contributed by atoms with Crippen molar-refractivity contribution in [2.45, 2.75) is 19.8 Å². The van der Waals surface area contributed by atoms with Gasteiger partial charge in [-0.15, -0.1) is 0 Å². The number of benzene rings is 1. The van der Waals surface area contributed by atoms with E-state index in [-0.39, 0.29) is 5.91 Å². The molecule has 5 heteroatoms. The fourth-order valence-corrected chi connectivity index (χ4v) is 1.77. The molecule has 0 saturated heterocycles. The molecule has 0 spiro atoms. The van der Waals surface area contributed by atoms with Crippen LogP contribution >= 0.6 is 0 Å². The lowest BCUT2D eigenvalue weighted by Gasteiger charge is -2.06. The Morgan fingerprint density at radius 2 is 2.32 bits per heavy atom. The van der Waals surface area contributed by atoms with Crippen LogP contribution in [0.5, 0.6) is 0 Å². The van der Waals surface area contributed by atoms with Crippen LogP contribution in [0.15, 0.2) is 24.4 Å². The first kappa shape index (κ1) is 13.5. The third kappa shape index (κ3) is 3.79. The number of hydrogen-bond acceptors (Lipinski definition) is 3. The number of carbonyl (C=O) groups is 1. The Hall–Kier alpha value is -1.88. The SMILES string of the molecule is CCCCOCCNC(=O)c1ccc2cn[nH]c2c1. The molecule has 0 aliphatic carbocycles. The Morgan fingerprint density at radius 3 is 3.16 bits per heavy atom. The zero-order valence-electron chi connectivity index (χ0n) is 11.1. The molecule has 0 aliphatic rings. The average Bonchev–Trinajstić information content (AvgIpc) is 2.89. The number of aromatic nitrogens is 2. The maximum Gasteiger partial charge on any atom is 0.251 e. The Balaban J connectivity index is 1.79. The quantitative estimate of drug-likeness (QED) is 0.750. The zero-order valence-corrected chi connectivity index (χ0v) is 11.1. The summed E-state index contributed by atoms with van der Waals surface area (Å²) in [5.41, 5.74) is 1.50. The predicted molar refractivity (Wildman–Crippen MR) is 74.2 cm³/mol. The summed E-state index contributed by atoms with van der Waals surface area (Å²) in [4.78, 5) is 11.9. The molecule has 1 amide bonds. The smallest absolute Gasteiger partial charge is 0.251 e. The fraction of sp³-hybridized carbons (Fsp3) is 0.429. The maximum absolute atomic E-state index is 11.9. The van der Waals surface area contributed by atoms with Crippen LogP contribution in [-0.4, -0.2) is 35.9 Å². The molecular weight excluding hydrogens is 242 g/mol. The largest absolute Gasteiger partial charge is 0.380 e. The minimum Gasteiger partial charge on any atom is -0.380 e. The van der Waals surface area contributed by atoms with E-state index < -0.39 is 0 Å². The summed E-state index contributed by atoms with van der Waals surface area (Å²) in [6, 6.07) is 5.48. The van der Waals surface area contributed by atoms with Crippen molar-refractivity contribution < 1.29 is 9.53 Å². The number of fused-ring (bicyclic) bond motifs is 1. The minimum atomic E-state index is -0.0874. The second kappa shape index (κ2) is 6.89. The van der Waals surface area contributed by atoms with Gasteiger partial charge < -0.3 is 10.1 Å². The number of nitrogens with one attached hydrogen (secondary N) is 2. The second-order valence-corrected chi connectivity index (χ2v) is 4.39. The highest BCUT2D eigenvalue weighted by Gasteiger charge is 2.06. The molecule has 1 aromatic carbocycles. The molecule has 0 bridgehead atoms. The van der Waals surface area contributed by atoms with E-state index >= 15 is 0 Å². The standard InChI is InChI=1S/C14H19N3O2/c1-2-3-7-19-8-6-15-14(18)11-4-5-12-10-16-17-13(12)9-11/h4-5,9-10H,2-3,6-8H2,1H3,(H,15,18)(H,16,17). The summed E-state index contributed by atoms with van der Waals surface area (Å²) in [6.07, 6.45) is 3.92. The third-order valence-electron chi connectivity index (χ3n) is 2.88. The topological polar surface area (TPSA) is 67.0 Å². The summed E-state index contributed by atoms with van der Waals surface area (Å²) in [6.45, 7) is 3.96. The van der Waals surface area contributed by atoms with Crippen LogP contribution in [0.3, 0.4) is 0 Å². The van der Waals surface area contributed by atoms with Crippen LogP contribution in [0.2, 0.25) is 0 Å². The molecule has 0 saturated carbocycles. The lowest BCUT2D eigenvalue weighted by atomic mass is 10.1. The van der Waals surface area contributed by atoms with E-state index in [1.54, 1.807) is 18.3 Å². The van der Waals surface area contributed by atoms with Crippen LogP contribution in [0.4, 0.5) is 0 Å². The predicted octanol–water partition coefficient (Wildman–Crippen LogP) is 2.11. The van der Waals surface area contributed by atoms with Gasteiger partial charge >= 0.3 is 0 Å². The molecule has 0 radical (unpaired) electrons. The van der Waals surface area contributed by atoms with Crippen LogP contribution in [0.25, 0.3) is 10.9 Å². The van der Waals surface area contributed by atoms with Gasteiger partial charge in [-0.3, -0.25) is 9.89 Å². The summed E-state index contributed by atoms with van der Waals surface area (Å²) < 4.78 is 5.39. The molecular formula is C14H19N3O2. The minimum absolute atomic E-state index is 0.0874. The fourth-order valence-electron chi connectivity index (χ4n) is 1.77. The van der Waals surface area contributed by atoms with Crippen molar-refractivity contribution in [3.63, 3.8) is 0 Å². The van der Waals surface area contributed by atoms with Gasteiger partial charge in [0, 0.05) is 24.1 Å². The maximum atomic E-state index is 11.9. The summed E-state index contributed by atoms with van der Waals surface area (Å²) in [5.74, 6) is -0.0874. The molecule has 102 valence electrons. The number of amides is 1. The highest BCUT2D eigenvalue weighted by atomic mass is 16.5. The molecule has 0 aliphatic heterocycles. The molecule has 0 atom stereocenters. The molecule has 5 nitrogen and oxygen atoms in total. The summed E-state index contributed by atoms with van der Waals surface area (Å²) in [5, 5.41) is 10.6. The van der Waals surface area contributed by atoms with Gasteiger partial charge in [0.15, 0.2) is 0 Å². The molecule has 2 N–H and O–H groups in total. The highest BCUT2D eigenvalue weighted by molar-refractivity contribution is 5.97. The van der Waals surface area contributed by atoms with E-state index in [2.05, 4.69) is 22.4 Å². The number of aromatic amines is 1. The summed E-state index contributed by atoms with van der Waals surface area (Å²) >= 11 is 0. The van der Waals surface area contributed by atoms with E-state index in [1.165, 1.54) is 0 Å². The highest BCUT2D eigenvalue weighted by Crippen LogP contribution is 2.12. The Labute approximate surface area is 112 Å². The number of ether oxygens (including phenoxy) is 1. The van der Waals surface area contributed by atoms with Gasteiger partial charge in [-0.25, -0.2) is 0 Å². The molecule has 2 rings (SSSR count). The number of nitrogens with zero attached hydrogens (tertiary/aromatic N) is 1. The molecule has 19 heavy (non-hydrogen) atoms. The van der Waals surface area contributed by atoms with Gasteiger partial charge in [0.05, 0.1) is 18.3 Å². The second-order valence-electron chi connectivity index (χ2n) is 4.39. The van der Waals surface area contributed by atoms with E-state index in [0.29, 0.717) is 18.7 Å². The van der Waals surface area contributed by atoms with Crippen LogP contribution in [0, 0.1) is 0 Å². The number of hydrogen-bond donors (Lipinski definition) is 2. The molecule has 1 aromatic heterocycles. The van der Waals surface area contributed by atoms with E-state index in [1.807, 2.05) is 6.07 Å². The Morgan fingerprint density at radius 1 is 1.42 bits per heavy atom. The summed E-state index contributed by atoms with van der Waals surface area (Å²) in [7, 11) is 0. The lowest BCUT2D eigenvalue weighted by Crippen LogP contribution is -2.27. The number of unbranched alkanes of at least 4 members (excludes halogenated alkanes) is 1. The molecule has 0 unspecified atom stereocenters. The first-order chi connectivity index (χ1) is 9.31. The molecule has 1 heterocycles. The van der Waals surface area contributed by atoms with Gasteiger partial charge in [0.25, 0.3) is 5.91 Å².